The van der Waals surface area contributed by atoms with Crippen LogP contribution in [0.25, 0.3) is 0 Å². The van der Waals surface area contributed by atoms with Crippen molar-refractivity contribution in [1.82, 2.24) is 4.90 Å². The second-order valence-corrected chi connectivity index (χ2v) is 5.27. The molecular formula is C13H20N2. The van der Waals surface area contributed by atoms with Crippen molar-refractivity contribution in [1.29, 1.82) is 0 Å². The monoisotopic (exact) mass is 204 g/mol. The summed E-state index contributed by atoms with van der Waals surface area (Å²) >= 11 is 0. The van der Waals surface area contributed by atoms with Crippen LogP contribution in [0.2, 0.25) is 0 Å². The summed E-state index contributed by atoms with van der Waals surface area (Å²) in [6.07, 6.45) is 0. The second kappa shape index (κ2) is 3.62. The third-order valence-electron chi connectivity index (χ3n) is 3.04. The summed E-state index contributed by atoms with van der Waals surface area (Å²) in [4.78, 5) is 2.45. The van der Waals surface area contributed by atoms with Gasteiger partial charge in [0.05, 0.1) is 0 Å². The Kier molecular flexibility index (Phi) is 2.57. The van der Waals surface area contributed by atoms with E-state index in [1.54, 1.807) is 0 Å². The predicted molar refractivity (Wildman–Crippen MR) is 63.5 cm³/mol. The normalized spacial score (nSPS) is 21.7. The van der Waals surface area contributed by atoms with Crippen LogP contribution in [0.1, 0.15) is 37.9 Å². The Bertz CT molecular complexity index is 352. The summed E-state index contributed by atoms with van der Waals surface area (Å²) in [7, 11) is 0. The molecule has 1 aliphatic rings. The van der Waals surface area contributed by atoms with E-state index in [-0.39, 0.29) is 5.54 Å². The number of benzene rings is 1. The van der Waals surface area contributed by atoms with E-state index < -0.39 is 0 Å². The van der Waals surface area contributed by atoms with Crippen LogP contribution in [0.15, 0.2) is 24.3 Å². The van der Waals surface area contributed by atoms with Crippen molar-refractivity contribution in [2.75, 3.05) is 6.54 Å². The smallest absolute Gasteiger partial charge is 0.0327 e. The molecule has 15 heavy (non-hydrogen) atoms. The average Bonchev–Trinajstić information content (AvgIpc) is 2.42. The number of fused-ring (bicyclic) bond motifs is 1. The SMILES string of the molecule is CC1c2ccccc2CN1CC(C)(C)N. The van der Waals surface area contributed by atoms with Gasteiger partial charge in [0.1, 0.15) is 0 Å². The van der Waals surface area contributed by atoms with Crippen molar-refractivity contribution in [3.8, 4) is 0 Å². The van der Waals surface area contributed by atoms with E-state index in [0.29, 0.717) is 6.04 Å². The Balaban J connectivity index is 2.17. The summed E-state index contributed by atoms with van der Waals surface area (Å²) in [5.41, 5.74) is 8.87. The van der Waals surface area contributed by atoms with E-state index >= 15 is 0 Å². The molecule has 0 spiro atoms. The zero-order valence-corrected chi connectivity index (χ0v) is 9.83. The minimum atomic E-state index is -0.115. The topological polar surface area (TPSA) is 29.3 Å². The van der Waals surface area contributed by atoms with Gasteiger partial charge >= 0.3 is 0 Å². The lowest BCUT2D eigenvalue weighted by Gasteiger charge is -2.29. The first-order valence-corrected chi connectivity index (χ1v) is 5.58. The van der Waals surface area contributed by atoms with Crippen LogP contribution in [-0.2, 0) is 6.54 Å². The molecule has 1 aliphatic heterocycles. The van der Waals surface area contributed by atoms with Gasteiger partial charge in [-0.25, -0.2) is 0 Å². The van der Waals surface area contributed by atoms with Gasteiger partial charge in [-0.15, -0.1) is 0 Å². The van der Waals surface area contributed by atoms with Gasteiger partial charge in [-0.05, 0) is 31.9 Å². The molecule has 82 valence electrons. The molecular weight excluding hydrogens is 184 g/mol. The first-order valence-electron chi connectivity index (χ1n) is 5.58. The summed E-state index contributed by atoms with van der Waals surface area (Å²) in [5, 5.41) is 0. The molecule has 1 aromatic carbocycles. The van der Waals surface area contributed by atoms with Gasteiger partial charge in [-0.1, -0.05) is 24.3 Å². The molecule has 0 bridgehead atoms. The fourth-order valence-electron chi connectivity index (χ4n) is 2.35. The quantitative estimate of drug-likeness (QED) is 0.801. The molecule has 2 nitrogen and oxygen atoms in total. The van der Waals surface area contributed by atoms with Crippen LogP contribution in [0.3, 0.4) is 0 Å². The molecule has 1 heterocycles. The molecule has 0 saturated carbocycles. The summed E-state index contributed by atoms with van der Waals surface area (Å²) < 4.78 is 0. The average molecular weight is 204 g/mol. The van der Waals surface area contributed by atoms with E-state index in [9.17, 15) is 0 Å². The van der Waals surface area contributed by atoms with E-state index in [4.69, 9.17) is 5.73 Å². The highest BCUT2D eigenvalue weighted by atomic mass is 15.2. The van der Waals surface area contributed by atoms with Crippen molar-refractivity contribution in [2.24, 2.45) is 5.73 Å². The molecule has 0 fully saturated rings. The molecule has 1 unspecified atom stereocenters. The van der Waals surface area contributed by atoms with Gasteiger partial charge in [-0.3, -0.25) is 4.90 Å². The lowest BCUT2D eigenvalue weighted by Crippen LogP contribution is -2.44. The fraction of sp³-hybridized carbons (Fsp3) is 0.538. The number of hydrogen-bond acceptors (Lipinski definition) is 2. The number of nitrogens with two attached hydrogens (primary N) is 1. The minimum Gasteiger partial charge on any atom is -0.324 e. The summed E-state index contributed by atoms with van der Waals surface area (Å²) in [5.74, 6) is 0. The van der Waals surface area contributed by atoms with E-state index in [0.717, 1.165) is 13.1 Å². The van der Waals surface area contributed by atoms with Crippen molar-refractivity contribution in [2.45, 2.75) is 38.9 Å². The van der Waals surface area contributed by atoms with Gasteiger partial charge in [0.15, 0.2) is 0 Å². The van der Waals surface area contributed by atoms with Gasteiger partial charge in [0.2, 0.25) is 0 Å². The van der Waals surface area contributed by atoms with Crippen molar-refractivity contribution in [3.05, 3.63) is 35.4 Å². The molecule has 1 aromatic rings. The third-order valence-corrected chi connectivity index (χ3v) is 3.04. The predicted octanol–water partition coefficient (Wildman–Crippen LogP) is 2.30. The zero-order valence-electron chi connectivity index (χ0n) is 9.83. The van der Waals surface area contributed by atoms with Gasteiger partial charge in [0, 0.05) is 24.7 Å². The molecule has 0 aromatic heterocycles. The van der Waals surface area contributed by atoms with Crippen LogP contribution >= 0.6 is 0 Å². The minimum absolute atomic E-state index is 0.115. The zero-order chi connectivity index (χ0) is 11.1. The third kappa shape index (κ3) is 2.21. The maximum atomic E-state index is 6.07. The Morgan fingerprint density at radius 3 is 2.67 bits per heavy atom. The first-order chi connectivity index (χ1) is 6.97. The molecule has 2 N–H and O–H groups in total. The van der Waals surface area contributed by atoms with E-state index in [2.05, 4.69) is 49.9 Å². The largest absolute Gasteiger partial charge is 0.324 e. The lowest BCUT2D eigenvalue weighted by molar-refractivity contribution is 0.188. The molecule has 0 saturated heterocycles. The lowest BCUT2D eigenvalue weighted by atomic mass is 10.0. The molecule has 1 atom stereocenters. The van der Waals surface area contributed by atoms with Crippen molar-refractivity contribution in [3.63, 3.8) is 0 Å². The maximum absolute atomic E-state index is 6.07. The highest BCUT2D eigenvalue weighted by Gasteiger charge is 2.29. The molecule has 0 radical (unpaired) electrons. The molecule has 0 aliphatic carbocycles. The van der Waals surface area contributed by atoms with Crippen LogP contribution in [0, 0.1) is 0 Å². The molecule has 2 heteroatoms. The Morgan fingerprint density at radius 2 is 2.07 bits per heavy atom. The van der Waals surface area contributed by atoms with Gasteiger partial charge in [0.25, 0.3) is 0 Å². The highest BCUT2D eigenvalue weighted by molar-refractivity contribution is 5.33. The Labute approximate surface area is 92.1 Å². The number of rotatable bonds is 2. The number of hydrogen-bond donors (Lipinski definition) is 1. The number of nitrogens with zero attached hydrogens (tertiary/aromatic N) is 1. The fourth-order valence-corrected chi connectivity index (χ4v) is 2.35. The molecule has 2 rings (SSSR count). The van der Waals surface area contributed by atoms with Crippen molar-refractivity contribution >= 4 is 0 Å². The van der Waals surface area contributed by atoms with Gasteiger partial charge in [-0.2, -0.15) is 0 Å². The standard InChI is InChI=1S/C13H20N2/c1-10-12-7-5-4-6-11(12)8-15(10)9-13(2,3)14/h4-7,10H,8-9,14H2,1-3H3. The highest BCUT2D eigenvalue weighted by Crippen LogP contribution is 2.33. The van der Waals surface area contributed by atoms with Crippen LogP contribution in [0.4, 0.5) is 0 Å². The van der Waals surface area contributed by atoms with Crippen LogP contribution in [0.5, 0.6) is 0 Å². The molecule has 0 amide bonds. The van der Waals surface area contributed by atoms with E-state index in [1.807, 2.05) is 0 Å². The summed E-state index contributed by atoms with van der Waals surface area (Å²) in [6.45, 7) is 8.42. The Morgan fingerprint density at radius 1 is 1.40 bits per heavy atom. The summed E-state index contributed by atoms with van der Waals surface area (Å²) in [6, 6.07) is 9.18. The maximum Gasteiger partial charge on any atom is 0.0327 e. The van der Waals surface area contributed by atoms with Crippen LogP contribution in [-0.4, -0.2) is 17.0 Å². The Hall–Kier alpha value is -0.860. The van der Waals surface area contributed by atoms with Crippen molar-refractivity contribution < 1.29 is 0 Å². The van der Waals surface area contributed by atoms with E-state index in [1.165, 1.54) is 11.1 Å². The first kappa shape index (κ1) is 10.7. The van der Waals surface area contributed by atoms with Gasteiger partial charge < -0.3 is 5.73 Å². The van der Waals surface area contributed by atoms with Crippen LogP contribution < -0.4 is 5.73 Å². The second-order valence-electron chi connectivity index (χ2n) is 5.27.